The van der Waals surface area contributed by atoms with Crippen LogP contribution in [0.5, 0.6) is 0 Å². The van der Waals surface area contributed by atoms with E-state index in [2.05, 4.69) is 20.7 Å². The van der Waals surface area contributed by atoms with Crippen LogP contribution in [0.1, 0.15) is 5.56 Å². The molecule has 1 aromatic carbocycles. The molecule has 0 aliphatic carbocycles. The van der Waals surface area contributed by atoms with Gasteiger partial charge in [0.2, 0.25) is 0 Å². The van der Waals surface area contributed by atoms with E-state index in [1.54, 1.807) is 0 Å². The van der Waals surface area contributed by atoms with Gasteiger partial charge in [-0.1, -0.05) is 28.1 Å². The van der Waals surface area contributed by atoms with Crippen LogP contribution in [0.3, 0.4) is 0 Å². The second kappa shape index (κ2) is 4.77. The van der Waals surface area contributed by atoms with Gasteiger partial charge >= 0.3 is 0 Å². The molecule has 0 aromatic heterocycles. The van der Waals surface area contributed by atoms with Crippen molar-refractivity contribution in [1.82, 2.24) is 0 Å². The highest BCUT2D eigenvalue weighted by atomic mass is 79.9. The van der Waals surface area contributed by atoms with E-state index in [9.17, 15) is 0 Å². The average molecular weight is 241 g/mol. The van der Waals surface area contributed by atoms with Gasteiger partial charge in [0.25, 0.3) is 0 Å². The SMILES string of the molecule is N=COC(=N)Cc1ccc(Br)cc1. The minimum Gasteiger partial charge on any atom is -0.432 e. The zero-order chi connectivity index (χ0) is 9.68. The minimum atomic E-state index is 0.0809. The maximum absolute atomic E-state index is 7.29. The van der Waals surface area contributed by atoms with E-state index in [-0.39, 0.29) is 5.90 Å². The lowest BCUT2D eigenvalue weighted by Gasteiger charge is -2.01. The second-order valence-electron chi connectivity index (χ2n) is 2.46. The van der Waals surface area contributed by atoms with Crippen LogP contribution < -0.4 is 0 Å². The lowest BCUT2D eigenvalue weighted by atomic mass is 10.1. The Kier molecular flexibility index (Phi) is 3.64. The molecule has 0 spiro atoms. The van der Waals surface area contributed by atoms with Gasteiger partial charge < -0.3 is 4.74 Å². The van der Waals surface area contributed by atoms with E-state index in [4.69, 9.17) is 10.8 Å². The quantitative estimate of drug-likeness (QED) is 0.620. The van der Waals surface area contributed by atoms with Crippen molar-refractivity contribution in [2.45, 2.75) is 6.42 Å². The second-order valence-corrected chi connectivity index (χ2v) is 3.38. The molecular weight excluding hydrogens is 232 g/mol. The molecule has 0 heterocycles. The average Bonchev–Trinajstić information content (AvgIpc) is 2.09. The lowest BCUT2D eigenvalue weighted by molar-refractivity contribution is 0.545. The fraction of sp³-hybridized carbons (Fsp3) is 0.111. The first-order chi connectivity index (χ1) is 6.22. The fourth-order valence-electron chi connectivity index (χ4n) is 0.900. The van der Waals surface area contributed by atoms with E-state index in [1.807, 2.05) is 24.3 Å². The molecule has 3 nitrogen and oxygen atoms in total. The summed E-state index contributed by atoms with van der Waals surface area (Å²) in [5.74, 6) is 0.0809. The Bertz CT molecular complexity index is 308. The van der Waals surface area contributed by atoms with Crippen LogP contribution >= 0.6 is 15.9 Å². The summed E-state index contributed by atoms with van der Waals surface area (Å²) in [6, 6.07) is 7.64. The zero-order valence-electron chi connectivity index (χ0n) is 6.88. The van der Waals surface area contributed by atoms with Crippen molar-refractivity contribution in [3.05, 3.63) is 34.3 Å². The molecule has 0 aliphatic rings. The molecule has 1 rings (SSSR count). The summed E-state index contributed by atoms with van der Waals surface area (Å²) in [6.07, 6.45) is 1.18. The van der Waals surface area contributed by atoms with E-state index >= 15 is 0 Å². The summed E-state index contributed by atoms with van der Waals surface area (Å²) in [4.78, 5) is 0. The Morgan fingerprint density at radius 3 is 2.54 bits per heavy atom. The van der Waals surface area contributed by atoms with Crippen molar-refractivity contribution in [2.75, 3.05) is 0 Å². The highest BCUT2D eigenvalue weighted by Gasteiger charge is 1.98. The number of hydrogen-bond donors (Lipinski definition) is 2. The molecule has 0 fully saturated rings. The Morgan fingerprint density at radius 1 is 1.38 bits per heavy atom. The first-order valence-corrected chi connectivity index (χ1v) is 4.49. The zero-order valence-corrected chi connectivity index (χ0v) is 8.47. The van der Waals surface area contributed by atoms with Crippen molar-refractivity contribution in [3.8, 4) is 0 Å². The molecule has 0 unspecified atom stereocenters. The van der Waals surface area contributed by atoms with Crippen LogP contribution in [0.15, 0.2) is 28.7 Å². The van der Waals surface area contributed by atoms with E-state index in [1.165, 1.54) is 0 Å². The molecule has 1 aromatic rings. The normalized spacial score (nSPS) is 9.31. The Hall–Kier alpha value is -1.16. The van der Waals surface area contributed by atoms with Crippen LogP contribution in [-0.4, -0.2) is 12.3 Å². The molecule has 0 bridgehead atoms. The van der Waals surface area contributed by atoms with Crippen molar-refractivity contribution in [3.63, 3.8) is 0 Å². The monoisotopic (exact) mass is 240 g/mol. The maximum atomic E-state index is 7.29. The summed E-state index contributed by atoms with van der Waals surface area (Å²) >= 11 is 3.32. The summed E-state index contributed by atoms with van der Waals surface area (Å²) in [7, 11) is 0. The smallest absolute Gasteiger partial charge is 0.193 e. The van der Waals surface area contributed by atoms with Crippen molar-refractivity contribution >= 4 is 28.2 Å². The Morgan fingerprint density at radius 2 is 2.00 bits per heavy atom. The predicted octanol–water partition coefficient (Wildman–Crippen LogP) is 2.59. The molecule has 4 heteroatoms. The maximum Gasteiger partial charge on any atom is 0.193 e. The van der Waals surface area contributed by atoms with Gasteiger partial charge in [0, 0.05) is 10.9 Å². The first-order valence-electron chi connectivity index (χ1n) is 3.70. The van der Waals surface area contributed by atoms with Gasteiger partial charge in [0.15, 0.2) is 12.3 Å². The molecule has 0 amide bonds. The van der Waals surface area contributed by atoms with Gasteiger partial charge in [-0.3, -0.25) is 10.8 Å². The van der Waals surface area contributed by atoms with Gasteiger partial charge in [-0.15, -0.1) is 0 Å². The summed E-state index contributed by atoms with van der Waals surface area (Å²) in [5.41, 5.74) is 0.995. The standard InChI is InChI=1S/C9H9BrN2O/c10-8-3-1-7(2-4-8)5-9(12)13-6-11/h1-4,6,11-12H,5H2. The predicted molar refractivity (Wildman–Crippen MR) is 55.4 cm³/mol. The van der Waals surface area contributed by atoms with Gasteiger partial charge in [0.1, 0.15) is 0 Å². The van der Waals surface area contributed by atoms with Crippen LogP contribution in [0, 0.1) is 10.8 Å². The van der Waals surface area contributed by atoms with Crippen LogP contribution in [0.2, 0.25) is 0 Å². The number of halogens is 1. The summed E-state index contributed by atoms with van der Waals surface area (Å²) in [6.45, 7) is 0. The van der Waals surface area contributed by atoms with Crippen LogP contribution in [-0.2, 0) is 11.2 Å². The number of ether oxygens (including phenoxy) is 1. The fourth-order valence-corrected chi connectivity index (χ4v) is 1.16. The summed E-state index contributed by atoms with van der Waals surface area (Å²) in [5, 5.41) is 13.9. The topological polar surface area (TPSA) is 56.9 Å². The molecule has 0 aliphatic heterocycles. The molecule has 68 valence electrons. The highest BCUT2D eigenvalue weighted by Crippen LogP contribution is 2.11. The van der Waals surface area contributed by atoms with Gasteiger partial charge in [0.05, 0.1) is 0 Å². The van der Waals surface area contributed by atoms with Gasteiger partial charge in [-0.2, -0.15) is 0 Å². The molecular formula is C9H9BrN2O. The molecule has 13 heavy (non-hydrogen) atoms. The third-order valence-electron chi connectivity index (χ3n) is 1.48. The third kappa shape index (κ3) is 3.38. The Balaban J connectivity index is 2.59. The Labute approximate surface area is 84.9 Å². The van der Waals surface area contributed by atoms with Gasteiger partial charge in [-0.05, 0) is 17.7 Å². The molecule has 0 saturated carbocycles. The molecule has 0 radical (unpaired) electrons. The number of nitrogens with one attached hydrogen (secondary N) is 2. The number of hydrogen-bond acceptors (Lipinski definition) is 3. The minimum absolute atomic E-state index is 0.0809. The summed E-state index contributed by atoms with van der Waals surface area (Å²) < 4.78 is 5.60. The van der Waals surface area contributed by atoms with E-state index in [0.29, 0.717) is 6.42 Å². The molecule has 0 atom stereocenters. The lowest BCUT2D eigenvalue weighted by Crippen LogP contribution is -2.04. The van der Waals surface area contributed by atoms with E-state index in [0.717, 1.165) is 16.4 Å². The third-order valence-corrected chi connectivity index (χ3v) is 2.01. The van der Waals surface area contributed by atoms with Crippen LogP contribution in [0.25, 0.3) is 0 Å². The number of benzene rings is 1. The van der Waals surface area contributed by atoms with Gasteiger partial charge in [-0.25, -0.2) is 0 Å². The molecule has 2 N–H and O–H groups in total. The molecule has 0 saturated heterocycles. The van der Waals surface area contributed by atoms with E-state index < -0.39 is 0 Å². The number of rotatable bonds is 3. The van der Waals surface area contributed by atoms with Crippen LogP contribution in [0.4, 0.5) is 0 Å². The van der Waals surface area contributed by atoms with Crippen molar-refractivity contribution in [1.29, 1.82) is 10.8 Å². The van der Waals surface area contributed by atoms with Crippen molar-refractivity contribution < 1.29 is 4.74 Å². The largest absolute Gasteiger partial charge is 0.432 e. The van der Waals surface area contributed by atoms with Crippen molar-refractivity contribution in [2.24, 2.45) is 0 Å². The first kappa shape index (κ1) is 9.92. The highest BCUT2D eigenvalue weighted by molar-refractivity contribution is 9.10.